The maximum atomic E-state index is 12.1. The molecule has 0 bridgehead atoms. The first-order valence-corrected chi connectivity index (χ1v) is 9.31. The van der Waals surface area contributed by atoms with Crippen LogP contribution in [0.4, 0.5) is 0 Å². The van der Waals surface area contributed by atoms with E-state index in [1.54, 1.807) is 24.3 Å². The zero-order valence-electron chi connectivity index (χ0n) is 13.9. The van der Waals surface area contributed by atoms with Crippen molar-refractivity contribution in [2.24, 2.45) is 0 Å². The Morgan fingerprint density at radius 1 is 1.24 bits per heavy atom. The number of H-pyrrole nitrogens is 1. The van der Waals surface area contributed by atoms with Gasteiger partial charge < -0.3 is 10.1 Å². The van der Waals surface area contributed by atoms with Gasteiger partial charge in [-0.05, 0) is 12.5 Å². The van der Waals surface area contributed by atoms with Gasteiger partial charge in [0.25, 0.3) is 5.56 Å². The molecule has 1 aromatic carbocycles. The SMILES string of the molecule is Cc1nc(CN(Cc2ccccc2)S(C)(=O)=O)[nH]c(=O)c1CC(=O)O. The Hall–Kier alpha value is -2.52. The Labute approximate surface area is 145 Å². The molecule has 2 aromatic rings. The first kappa shape index (κ1) is 18.8. The van der Waals surface area contributed by atoms with E-state index in [2.05, 4.69) is 9.97 Å². The first-order chi connectivity index (χ1) is 11.7. The summed E-state index contributed by atoms with van der Waals surface area (Å²) in [5, 5.41) is 8.83. The molecular weight excluding hydrogens is 346 g/mol. The van der Waals surface area contributed by atoms with Crippen molar-refractivity contribution in [3.05, 3.63) is 63.3 Å². The second-order valence-corrected chi connectivity index (χ2v) is 7.65. The summed E-state index contributed by atoms with van der Waals surface area (Å²) in [7, 11) is -3.54. The van der Waals surface area contributed by atoms with Crippen LogP contribution >= 0.6 is 0 Å². The van der Waals surface area contributed by atoms with Crippen molar-refractivity contribution in [2.75, 3.05) is 6.26 Å². The molecule has 0 amide bonds. The molecule has 0 fully saturated rings. The van der Waals surface area contributed by atoms with Crippen LogP contribution in [0.5, 0.6) is 0 Å². The van der Waals surface area contributed by atoms with Crippen LogP contribution in [0.15, 0.2) is 35.1 Å². The molecule has 25 heavy (non-hydrogen) atoms. The van der Waals surface area contributed by atoms with Crippen LogP contribution in [0.3, 0.4) is 0 Å². The number of aromatic nitrogens is 2. The van der Waals surface area contributed by atoms with E-state index < -0.39 is 28.0 Å². The molecule has 0 spiro atoms. The number of carboxylic acids is 1. The minimum absolute atomic E-state index is 0.0604. The highest BCUT2D eigenvalue weighted by Gasteiger charge is 2.20. The molecule has 0 aliphatic heterocycles. The molecule has 0 aliphatic rings. The van der Waals surface area contributed by atoms with E-state index >= 15 is 0 Å². The van der Waals surface area contributed by atoms with Crippen LogP contribution in [-0.4, -0.2) is 40.0 Å². The molecule has 2 rings (SSSR count). The Morgan fingerprint density at radius 2 is 1.88 bits per heavy atom. The molecule has 9 heteroatoms. The molecular formula is C16H19N3O5S. The molecule has 0 saturated carbocycles. The van der Waals surface area contributed by atoms with Crippen LogP contribution in [0.1, 0.15) is 22.6 Å². The molecule has 2 N–H and O–H groups in total. The summed E-state index contributed by atoms with van der Waals surface area (Å²) < 4.78 is 25.3. The van der Waals surface area contributed by atoms with E-state index in [1.807, 2.05) is 6.07 Å². The molecule has 1 aromatic heterocycles. The van der Waals surface area contributed by atoms with Gasteiger partial charge in [0.15, 0.2) is 0 Å². The molecule has 1 heterocycles. The summed E-state index contributed by atoms with van der Waals surface area (Å²) in [5.74, 6) is -0.969. The predicted octanol–water partition coefficient (Wildman–Crippen LogP) is 0.667. The topological polar surface area (TPSA) is 120 Å². The third-order valence-electron chi connectivity index (χ3n) is 3.60. The average Bonchev–Trinajstić information content (AvgIpc) is 2.50. The number of sulfonamides is 1. The van der Waals surface area contributed by atoms with Crippen molar-refractivity contribution < 1.29 is 18.3 Å². The number of rotatable bonds is 7. The Morgan fingerprint density at radius 3 is 2.40 bits per heavy atom. The van der Waals surface area contributed by atoms with Crippen molar-refractivity contribution in [1.82, 2.24) is 14.3 Å². The Balaban J connectivity index is 2.30. The number of carbonyl (C=O) groups is 1. The van der Waals surface area contributed by atoms with E-state index in [1.165, 1.54) is 11.2 Å². The Bertz CT molecular complexity index is 923. The third kappa shape index (κ3) is 5.23. The minimum Gasteiger partial charge on any atom is -0.481 e. The van der Waals surface area contributed by atoms with E-state index in [-0.39, 0.29) is 30.2 Å². The summed E-state index contributed by atoms with van der Waals surface area (Å²) >= 11 is 0. The van der Waals surface area contributed by atoms with Crippen LogP contribution in [0, 0.1) is 6.92 Å². The molecule has 8 nitrogen and oxygen atoms in total. The normalized spacial score (nSPS) is 11.6. The molecule has 134 valence electrons. The smallest absolute Gasteiger partial charge is 0.308 e. The lowest BCUT2D eigenvalue weighted by atomic mass is 10.2. The lowest BCUT2D eigenvalue weighted by Crippen LogP contribution is -2.31. The number of hydrogen-bond acceptors (Lipinski definition) is 5. The lowest BCUT2D eigenvalue weighted by Gasteiger charge is -2.20. The second kappa shape index (κ2) is 7.58. The number of aryl methyl sites for hydroxylation is 1. The summed E-state index contributed by atoms with van der Waals surface area (Å²) in [6.07, 6.45) is 0.647. The molecule has 0 radical (unpaired) electrons. The van der Waals surface area contributed by atoms with Crippen LogP contribution in [-0.2, 0) is 34.3 Å². The zero-order chi connectivity index (χ0) is 18.6. The largest absolute Gasteiger partial charge is 0.481 e. The zero-order valence-corrected chi connectivity index (χ0v) is 14.7. The number of carboxylic acid groups (broad SMARTS) is 1. The van der Waals surface area contributed by atoms with Gasteiger partial charge in [0, 0.05) is 17.8 Å². The fourth-order valence-corrected chi connectivity index (χ4v) is 3.09. The van der Waals surface area contributed by atoms with Gasteiger partial charge in [-0.1, -0.05) is 30.3 Å². The number of hydrogen-bond donors (Lipinski definition) is 2. The van der Waals surface area contributed by atoms with Crippen molar-refractivity contribution in [2.45, 2.75) is 26.4 Å². The fraction of sp³-hybridized carbons (Fsp3) is 0.312. The summed E-state index contributed by atoms with van der Waals surface area (Å²) in [5.41, 5.74) is 0.562. The van der Waals surface area contributed by atoms with Gasteiger partial charge in [-0.25, -0.2) is 13.4 Å². The number of nitrogens with one attached hydrogen (secondary N) is 1. The van der Waals surface area contributed by atoms with Gasteiger partial charge >= 0.3 is 5.97 Å². The minimum atomic E-state index is -3.54. The van der Waals surface area contributed by atoms with Gasteiger partial charge in [0.2, 0.25) is 10.0 Å². The standard InChI is InChI=1S/C16H19N3O5S/c1-11-13(8-15(20)21)16(22)18-14(17-11)10-19(25(2,23)24)9-12-6-4-3-5-7-12/h3-7H,8-10H2,1-2H3,(H,20,21)(H,17,18,22). The molecule has 0 saturated heterocycles. The van der Waals surface area contributed by atoms with E-state index in [9.17, 15) is 18.0 Å². The maximum Gasteiger partial charge on any atom is 0.308 e. The number of aliphatic carboxylic acids is 1. The highest BCUT2D eigenvalue weighted by Crippen LogP contribution is 2.12. The third-order valence-corrected chi connectivity index (χ3v) is 4.79. The van der Waals surface area contributed by atoms with Crippen LogP contribution in [0.2, 0.25) is 0 Å². The van der Waals surface area contributed by atoms with E-state index in [4.69, 9.17) is 5.11 Å². The van der Waals surface area contributed by atoms with Crippen LogP contribution < -0.4 is 5.56 Å². The van der Waals surface area contributed by atoms with Gasteiger partial charge in [-0.15, -0.1) is 0 Å². The number of nitrogens with zero attached hydrogens (tertiary/aromatic N) is 2. The summed E-state index contributed by atoms with van der Waals surface area (Å²) in [6.45, 7) is 1.55. The first-order valence-electron chi connectivity index (χ1n) is 7.46. The van der Waals surface area contributed by atoms with Crippen LogP contribution in [0.25, 0.3) is 0 Å². The monoisotopic (exact) mass is 365 g/mol. The highest BCUT2D eigenvalue weighted by molar-refractivity contribution is 7.88. The maximum absolute atomic E-state index is 12.1. The average molecular weight is 365 g/mol. The Kier molecular flexibility index (Phi) is 5.70. The van der Waals surface area contributed by atoms with Gasteiger partial charge in [0.05, 0.1) is 19.2 Å². The van der Waals surface area contributed by atoms with Crippen molar-refractivity contribution in [1.29, 1.82) is 0 Å². The van der Waals surface area contributed by atoms with Crippen molar-refractivity contribution in [3.8, 4) is 0 Å². The summed E-state index contributed by atoms with van der Waals surface area (Å²) in [4.78, 5) is 29.5. The quantitative estimate of drug-likeness (QED) is 0.744. The predicted molar refractivity (Wildman–Crippen MR) is 91.5 cm³/mol. The van der Waals surface area contributed by atoms with Gasteiger partial charge in [-0.3, -0.25) is 9.59 Å². The number of aromatic amines is 1. The highest BCUT2D eigenvalue weighted by atomic mass is 32.2. The molecule has 0 unspecified atom stereocenters. The summed E-state index contributed by atoms with van der Waals surface area (Å²) in [6, 6.07) is 9.05. The number of benzene rings is 1. The molecule has 0 aliphatic carbocycles. The van der Waals surface area contributed by atoms with Gasteiger partial charge in [-0.2, -0.15) is 4.31 Å². The van der Waals surface area contributed by atoms with Crippen molar-refractivity contribution in [3.63, 3.8) is 0 Å². The fourth-order valence-electron chi connectivity index (χ4n) is 2.35. The molecule has 0 atom stereocenters. The second-order valence-electron chi connectivity index (χ2n) is 5.66. The van der Waals surface area contributed by atoms with E-state index in [0.29, 0.717) is 0 Å². The van der Waals surface area contributed by atoms with Crippen molar-refractivity contribution >= 4 is 16.0 Å². The lowest BCUT2D eigenvalue weighted by molar-refractivity contribution is -0.136. The van der Waals surface area contributed by atoms with E-state index in [0.717, 1.165) is 11.8 Å². The van der Waals surface area contributed by atoms with Gasteiger partial charge in [0.1, 0.15) is 5.82 Å².